The van der Waals surface area contributed by atoms with Crippen LogP contribution in [-0.4, -0.2) is 30.4 Å². The van der Waals surface area contributed by atoms with Gasteiger partial charge in [0.2, 0.25) is 5.91 Å². The van der Waals surface area contributed by atoms with Crippen molar-refractivity contribution in [2.24, 2.45) is 11.8 Å². The average molecular weight is 244 g/mol. The maximum absolute atomic E-state index is 12.3. The Labute approximate surface area is 108 Å². The molecule has 3 saturated heterocycles. The molecule has 0 unspecified atom stereocenters. The number of piperidine rings is 3. The number of benzene rings is 1. The highest BCUT2D eigenvalue weighted by Gasteiger charge is 2.38. The molecule has 3 nitrogen and oxygen atoms in total. The molecule has 18 heavy (non-hydrogen) atoms. The summed E-state index contributed by atoms with van der Waals surface area (Å²) in [6.45, 7) is 5.36. The number of fused-ring (bicyclic) bond motifs is 3. The zero-order valence-electron chi connectivity index (χ0n) is 10.9. The van der Waals surface area contributed by atoms with Gasteiger partial charge in [-0.2, -0.15) is 0 Å². The van der Waals surface area contributed by atoms with E-state index in [4.69, 9.17) is 0 Å². The number of nitrogens with one attached hydrogen (secondary N) is 1. The highest BCUT2D eigenvalue weighted by molar-refractivity contribution is 5.93. The van der Waals surface area contributed by atoms with Crippen molar-refractivity contribution in [2.75, 3.05) is 25.0 Å². The van der Waals surface area contributed by atoms with E-state index in [2.05, 4.69) is 17.1 Å². The molecule has 3 aliphatic rings. The third kappa shape index (κ3) is 2.27. The van der Waals surface area contributed by atoms with E-state index in [9.17, 15) is 4.79 Å². The number of rotatable bonds is 2. The predicted molar refractivity (Wildman–Crippen MR) is 72.5 cm³/mol. The van der Waals surface area contributed by atoms with Crippen molar-refractivity contribution in [1.29, 1.82) is 0 Å². The fourth-order valence-corrected chi connectivity index (χ4v) is 3.13. The van der Waals surface area contributed by atoms with Crippen LogP contribution >= 0.6 is 0 Å². The van der Waals surface area contributed by atoms with Crippen LogP contribution in [0.3, 0.4) is 0 Å². The molecule has 1 atom stereocenters. The maximum Gasteiger partial charge on any atom is 0.229 e. The number of aryl methyl sites for hydroxylation is 1. The van der Waals surface area contributed by atoms with Gasteiger partial charge in [-0.05, 0) is 50.9 Å². The highest BCUT2D eigenvalue weighted by Crippen LogP contribution is 2.32. The molecule has 2 bridgehead atoms. The number of hydrogen-bond acceptors (Lipinski definition) is 2. The molecule has 3 fully saturated rings. The van der Waals surface area contributed by atoms with Crippen molar-refractivity contribution in [3.05, 3.63) is 29.8 Å². The van der Waals surface area contributed by atoms with Gasteiger partial charge in [0.1, 0.15) is 0 Å². The Morgan fingerprint density at radius 2 is 1.89 bits per heavy atom. The molecule has 1 aromatic rings. The van der Waals surface area contributed by atoms with E-state index in [0.717, 1.165) is 12.2 Å². The second-order valence-electron chi connectivity index (χ2n) is 5.60. The van der Waals surface area contributed by atoms with Gasteiger partial charge in [-0.25, -0.2) is 0 Å². The van der Waals surface area contributed by atoms with Crippen molar-refractivity contribution in [2.45, 2.75) is 19.8 Å². The Bertz CT molecular complexity index is 432. The molecule has 0 aromatic heterocycles. The third-order valence-corrected chi connectivity index (χ3v) is 4.31. The number of nitrogens with zero attached hydrogens (tertiary/aromatic N) is 1. The summed E-state index contributed by atoms with van der Waals surface area (Å²) in [5.74, 6) is 0.988. The highest BCUT2D eigenvalue weighted by atomic mass is 16.1. The Morgan fingerprint density at radius 3 is 2.44 bits per heavy atom. The molecule has 3 heteroatoms. The van der Waals surface area contributed by atoms with Crippen LogP contribution in [-0.2, 0) is 4.79 Å². The van der Waals surface area contributed by atoms with Crippen molar-refractivity contribution in [3.8, 4) is 0 Å². The summed E-state index contributed by atoms with van der Waals surface area (Å²) < 4.78 is 0. The van der Waals surface area contributed by atoms with Gasteiger partial charge in [-0.3, -0.25) is 4.79 Å². The summed E-state index contributed by atoms with van der Waals surface area (Å²) in [6, 6.07) is 8.03. The fraction of sp³-hybridized carbons (Fsp3) is 0.533. The van der Waals surface area contributed by atoms with Gasteiger partial charge in [-0.1, -0.05) is 17.7 Å². The standard InChI is InChI=1S/C15H20N2O/c1-11-2-4-13(5-3-11)16-15(18)14-10-17-8-6-12(14)7-9-17/h2-5,12,14H,6-10H2,1H3,(H,16,18)/t14-/m0/s1. The Hall–Kier alpha value is -1.35. The average Bonchev–Trinajstić information content (AvgIpc) is 2.42. The molecule has 3 aliphatic heterocycles. The van der Waals surface area contributed by atoms with E-state index in [-0.39, 0.29) is 11.8 Å². The van der Waals surface area contributed by atoms with Gasteiger partial charge in [0.25, 0.3) is 0 Å². The van der Waals surface area contributed by atoms with Crippen LogP contribution < -0.4 is 5.32 Å². The molecule has 0 radical (unpaired) electrons. The maximum atomic E-state index is 12.3. The van der Waals surface area contributed by atoms with Crippen molar-refractivity contribution in [3.63, 3.8) is 0 Å². The Morgan fingerprint density at radius 1 is 1.22 bits per heavy atom. The van der Waals surface area contributed by atoms with Gasteiger partial charge in [0, 0.05) is 12.2 Å². The summed E-state index contributed by atoms with van der Waals surface area (Å²) in [6.07, 6.45) is 2.37. The first kappa shape index (κ1) is 11.7. The van der Waals surface area contributed by atoms with Gasteiger partial charge >= 0.3 is 0 Å². The van der Waals surface area contributed by atoms with Crippen molar-refractivity contribution < 1.29 is 4.79 Å². The zero-order valence-corrected chi connectivity index (χ0v) is 10.9. The molecular formula is C15H20N2O. The zero-order chi connectivity index (χ0) is 12.5. The minimum atomic E-state index is 0.189. The first-order valence-electron chi connectivity index (χ1n) is 6.82. The van der Waals surface area contributed by atoms with E-state index in [1.807, 2.05) is 24.3 Å². The number of carbonyl (C=O) groups excluding carboxylic acids is 1. The van der Waals surface area contributed by atoms with E-state index in [1.54, 1.807) is 0 Å². The molecule has 1 amide bonds. The van der Waals surface area contributed by atoms with Crippen LogP contribution in [0.1, 0.15) is 18.4 Å². The minimum Gasteiger partial charge on any atom is -0.326 e. The summed E-state index contributed by atoms with van der Waals surface area (Å²) >= 11 is 0. The van der Waals surface area contributed by atoms with Crippen LogP contribution in [0.2, 0.25) is 0 Å². The summed E-state index contributed by atoms with van der Waals surface area (Å²) in [5.41, 5.74) is 2.14. The number of amides is 1. The lowest BCUT2D eigenvalue weighted by molar-refractivity contribution is -0.125. The molecule has 3 heterocycles. The van der Waals surface area contributed by atoms with E-state index in [0.29, 0.717) is 5.92 Å². The summed E-state index contributed by atoms with van der Waals surface area (Å²) in [7, 11) is 0. The summed E-state index contributed by atoms with van der Waals surface area (Å²) in [5, 5.41) is 3.06. The smallest absolute Gasteiger partial charge is 0.229 e. The molecular weight excluding hydrogens is 224 g/mol. The van der Waals surface area contributed by atoms with Crippen LogP contribution in [0.15, 0.2) is 24.3 Å². The van der Waals surface area contributed by atoms with Gasteiger partial charge in [-0.15, -0.1) is 0 Å². The molecule has 0 saturated carbocycles. The van der Waals surface area contributed by atoms with Crippen molar-refractivity contribution in [1.82, 2.24) is 4.90 Å². The molecule has 0 aliphatic carbocycles. The van der Waals surface area contributed by atoms with Crippen LogP contribution in [0.5, 0.6) is 0 Å². The normalized spacial score (nSPS) is 30.2. The second-order valence-corrected chi connectivity index (χ2v) is 5.60. The van der Waals surface area contributed by atoms with Crippen LogP contribution in [0, 0.1) is 18.8 Å². The molecule has 96 valence electrons. The Balaban J connectivity index is 1.66. The van der Waals surface area contributed by atoms with E-state index >= 15 is 0 Å². The SMILES string of the molecule is Cc1ccc(NC(=O)[C@H]2CN3CCC2CC3)cc1. The minimum absolute atomic E-state index is 0.189. The van der Waals surface area contributed by atoms with Crippen LogP contribution in [0.4, 0.5) is 5.69 Å². The van der Waals surface area contributed by atoms with Crippen molar-refractivity contribution >= 4 is 11.6 Å². The lowest BCUT2D eigenvalue weighted by atomic mass is 9.78. The first-order valence-corrected chi connectivity index (χ1v) is 6.82. The van der Waals surface area contributed by atoms with Gasteiger partial charge in [0.05, 0.1) is 5.92 Å². The van der Waals surface area contributed by atoms with Crippen LogP contribution in [0.25, 0.3) is 0 Å². The Kier molecular flexibility index (Phi) is 3.08. The number of anilines is 1. The first-order chi connectivity index (χ1) is 8.72. The molecule has 4 rings (SSSR count). The molecule has 0 spiro atoms. The lowest BCUT2D eigenvalue weighted by Crippen LogP contribution is -2.51. The van der Waals surface area contributed by atoms with E-state index in [1.165, 1.54) is 31.5 Å². The second kappa shape index (κ2) is 4.73. The molecule has 1 aromatic carbocycles. The summed E-state index contributed by atoms with van der Waals surface area (Å²) in [4.78, 5) is 14.7. The fourth-order valence-electron chi connectivity index (χ4n) is 3.13. The molecule has 1 N–H and O–H groups in total. The van der Waals surface area contributed by atoms with E-state index < -0.39 is 0 Å². The lowest BCUT2D eigenvalue weighted by Gasteiger charge is -2.43. The largest absolute Gasteiger partial charge is 0.326 e. The monoisotopic (exact) mass is 244 g/mol. The number of hydrogen-bond donors (Lipinski definition) is 1. The number of carbonyl (C=O) groups is 1. The quantitative estimate of drug-likeness (QED) is 0.865. The topological polar surface area (TPSA) is 32.3 Å². The van der Waals surface area contributed by atoms with Gasteiger partial charge in [0.15, 0.2) is 0 Å². The van der Waals surface area contributed by atoms with Gasteiger partial charge < -0.3 is 10.2 Å². The third-order valence-electron chi connectivity index (χ3n) is 4.31. The predicted octanol–water partition coefficient (Wildman–Crippen LogP) is 2.28.